The highest BCUT2D eigenvalue weighted by molar-refractivity contribution is 5.81. The number of esters is 2. The lowest BCUT2D eigenvalue weighted by Gasteiger charge is -2.73. The Balaban J connectivity index is 1.28. The van der Waals surface area contributed by atoms with Gasteiger partial charge in [0, 0.05) is 16.7 Å². The lowest BCUT2D eigenvalue weighted by molar-refractivity contribution is -0.254. The highest BCUT2D eigenvalue weighted by atomic mass is 16.6. The third-order valence-electron chi connectivity index (χ3n) is 14.8. The van der Waals surface area contributed by atoms with Gasteiger partial charge in [0.2, 0.25) is 0 Å². The summed E-state index contributed by atoms with van der Waals surface area (Å²) in [5.41, 5.74) is 0.189. The van der Waals surface area contributed by atoms with E-state index in [-0.39, 0.29) is 69.5 Å². The van der Waals surface area contributed by atoms with Crippen LogP contribution in [0.3, 0.4) is 0 Å². The number of aliphatic carboxylic acids is 1. The third kappa shape index (κ3) is 3.55. The van der Waals surface area contributed by atoms with Gasteiger partial charge in [-0.3, -0.25) is 14.4 Å². The second kappa shape index (κ2) is 8.72. The zero-order valence-electron chi connectivity index (χ0n) is 25.9. The van der Waals surface area contributed by atoms with Crippen molar-refractivity contribution in [1.29, 1.82) is 0 Å². The average molecular weight is 557 g/mol. The first-order chi connectivity index (χ1) is 18.5. The number of carbonyl (C=O) groups excluding carboxylic acids is 2. The lowest BCUT2D eigenvalue weighted by Crippen LogP contribution is -2.68. The quantitative estimate of drug-likeness (QED) is 0.369. The molecule has 1 saturated heterocycles. The summed E-state index contributed by atoms with van der Waals surface area (Å²) in [6.07, 6.45) is 10.4. The van der Waals surface area contributed by atoms with Crippen molar-refractivity contribution in [1.82, 2.24) is 0 Å². The number of hydrogen-bond acceptors (Lipinski definition) is 5. The van der Waals surface area contributed by atoms with E-state index in [1.54, 1.807) is 0 Å². The molecule has 40 heavy (non-hydrogen) atoms. The SMILES string of the molecule is CC1(C)CC[C@@]23CC[C@]4(C)[C@@H](CC[C@@H]5[C@@]6(C)CC[C@H](OC(=O)CCC(=O)O)C(C)(C)[C@@H]6CC[C@]54C)[C@H]2[C@H]1OC3=O. The van der Waals surface area contributed by atoms with E-state index in [1.165, 1.54) is 19.3 Å². The van der Waals surface area contributed by atoms with Gasteiger partial charge >= 0.3 is 17.9 Å². The Kier molecular flexibility index (Phi) is 6.22. The number of hydrogen-bond donors (Lipinski definition) is 1. The van der Waals surface area contributed by atoms with Crippen molar-refractivity contribution < 1.29 is 29.0 Å². The van der Waals surface area contributed by atoms with Crippen LogP contribution in [0, 0.1) is 56.2 Å². The molecule has 2 bridgehead atoms. The van der Waals surface area contributed by atoms with Crippen molar-refractivity contribution in [3.8, 4) is 0 Å². The maximum absolute atomic E-state index is 13.4. The predicted octanol–water partition coefficient (Wildman–Crippen LogP) is 7.18. The molecule has 224 valence electrons. The van der Waals surface area contributed by atoms with Crippen LogP contribution in [0.15, 0.2) is 0 Å². The molecule has 0 aromatic carbocycles. The van der Waals surface area contributed by atoms with Gasteiger partial charge in [0.15, 0.2) is 0 Å². The normalized spacial score (nSPS) is 49.9. The summed E-state index contributed by atoms with van der Waals surface area (Å²) in [6, 6.07) is 0. The summed E-state index contributed by atoms with van der Waals surface area (Å²) in [5, 5.41) is 9.00. The van der Waals surface area contributed by atoms with E-state index < -0.39 is 5.97 Å². The number of carbonyl (C=O) groups is 3. The summed E-state index contributed by atoms with van der Waals surface area (Å²) >= 11 is 0. The minimum atomic E-state index is -0.961. The Bertz CT molecular complexity index is 1110. The first-order valence-electron chi connectivity index (χ1n) is 16.2. The fourth-order valence-corrected chi connectivity index (χ4v) is 12.4. The summed E-state index contributed by atoms with van der Waals surface area (Å²) in [6.45, 7) is 16.9. The zero-order chi connectivity index (χ0) is 29.1. The summed E-state index contributed by atoms with van der Waals surface area (Å²) in [5.74, 6) is 0.697. The standard InChI is InChI=1S/C34H52O6/c1-29(2)16-18-34-19-17-32(6)20(26(34)27(29)40-28(34)38)8-9-22-31(5)14-13-23(39-25(37)11-10-24(35)36)30(3,4)21(31)12-15-33(22,32)7/h20-23,26-27H,8-19H2,1-7H3,(H,35,36)/t20-,21-,22+,23-,26-,27+,31-,32+,33+,34+/m0/s1. The van der Waals surface area contributed by atoms with Gasteiger partial charge in [-0.1, -0.05) is 48.5 Å². The molecule has 0 amide bonds. The van der Waals surface area contributed by atoms with Crippen LogP contribution in [-0.4, -0.2) is 35.2 Å². The predicted molar refractivity (Wildman–Crippen MR) is 151 cm³/mol. The molecule has 0 aromatic heterocycles. The van der Waals surface area contributed by atoms with Gasteiger partial charge < -0.3 is 14.6 Å². The van der Waals surface area contributed by atoms with Crippen molar-refractivity contribution in [2.45, 2.75) is 138 Å². The van der Waals surface area contributed by atoms with Crippen LogP contribution in [0.25, 0.3) is 0 Å². The van der Waals surface area contributed by atoms with E-state index in [0.29, 0.717) is 23.7 Å². The summed E-state index contributed by atoms with van der Waals surface area (Å²) in [4.78, 5) is 37.0. The molecule has 6 heteroatoms. The smallest absolute Gasteiger partial charge is 0.312 e. The first-order valence-corrected chi connectivity index (χ1v) is 16.2. The summed E-state index contributed by atoms with van der Waals surface area (Å²) in [7, 11) is 0. The Morgan fingerprint density at radius 3 is 2.23 bits per heavy atom. The Morgan fingerprint density at radius 1 is 0.825 bits per heavy atom. The molecule has 1 aliphatic heterocycles. The van der Waals surface area contributed by atoms with E-state index in [0.717, 1.165) is 44.9 Å². The lowest BCUT2D eigenvalue weighted by atomic mass is 9.31. The second-order valence-electron chi connectivity index (χ2n) is 16.9. The molecular weight excluding hydrogens is 504 g/mol. The number of carboxylic acids is 1. The Morgan fingerprint density at radius 2 is 1.52 bits per heavy atom. The highest BCUT2D eigenvalue weighted by Crippen LogP contribution is 2.78. The van der Waals surface area contributed by atoms with Crippen molar-refractivity contribution in [2.75, 3.05) is 0 Å². The molecule has 6 fully saturated rings. The topological polar surface area (TPSA) is 89.9 Å². The van der Waals surface area contributed by atoms with Gasteiger partial charge in [0.05, 0.1) is 18.3 Å². The first kappa shape index (κ1) is 28.5. The van der Waals surface area contributed by atoms with Crippen molar-refractivity contribution in [3.63, 3.8) is 0 Å². The maximum atomic E-state index is 13.4. The number of rotatable bonds is 4. The minimum Gasteiger partial charge on any atom is -0.481 e. The van der Waals surface area contributed by atoms with Gasteiger partial charge in [0.1, 0.15) is 12.2 Å². The van der Waals surface area contributed by atoms with Gasteiger partial charge in [-0.25, -0.2) is 0 Å². The molecule has 6 nitrogen and oxygen atoms in total. The van der Waals surface area contributed by atoms with E-state index in [9.17, 15) is 14.4 Å². The molecule has 6 aliphatic rings. The Labute approximate surface area is 240 Å². The van der Waals surface area contributed by atoms with Crippen LogP contribution in [0.1, 0.15) is 126 Å². The van der Waals surface area contributed by atoms with Crippen molar-refractivity contribution in [3.05, 3.63) is 0 Å². The summed E-state index contributed by atoms with van der Waals surface area (Å²) < 4.78 is 12.3. The molecule has 0 aromatic rings. The second-order valence-corrected chi connectivity index (χ2v) is 16.9. The monoisotopic (exact) mass is 556 g/mol. The van der Waals surface area contributed by atoms with Gasteiger partial charge in [-0.15, -0.1) is 0 Å². The van der Waals surface area contributed by atoms with Crippen LogP contribution >= 0.6 is 0 Å². The van der Waals surface area contributed by atoms with E-state index >= 15 is 0 Å². The molecule has 0 spiro atoms. The van der Waals surface area contributed by atoms with Crippen LogP contribution < -0.4 is 0 Å². The van der Waals surface area contributed by atoms with Gasteiger partial charge in [-0.2, -0.15) is 0 Å². The van der Waals surface area contributed by atoms with Crippen LogP contribution in [0.5, 0.6) is 0 Å². The molecule has 1 N–H and O–H groups in total. The molecular formula is C34H52O6. The van der Waals surface area contributed by atoms with Crippen LogP contribution in [0.2, 0.25) is 0 Å². The zero-order valence-corrected chi connectivity index (χ0v) is 25.9. The Hall–Kier alpha value is -1.59. The van der Waals surface area contributed by atoms with Gasteiger partial charge in [0.25, 0.3) is 0 Å². The third-order valence-corrected chi connectivity index (χ3v) is 14.8. The number of ether oxygens (including phenoxy) is 2. The molecule has 6 rings (SSSR count). The number of carboxylic acid groups (broad SMARTS) is 1. The van der Waals surface area contributed by atoms with Crippen LogP contribution in [0.4, 0.5) is 0 Å². The maximum Gasteiger partial charge on any atom is 0.312 e. The molecule has 0 unspecified atom stereocenters. The largest absolute Gasteiger partial charge is 0.481 e. The van der Waals surface area contributed by atoms with E-state index in [2.05, 4.69) is 48.5 Å². The van der Waals surface area contributed by atoms with E-state index in [1.807, 2.05) is 0 Å². The van der Waals surface area contributed by atoms with Crippen molar-refractivity contribution in [2.24, 2.45) is 56.2 Å². The fraction of sp³-hybridized carbons (Fsp3) is 0.912. The molecule has 5 aliphatic carbocycles. The molecule has 1 heterocycles. The molecule has 0 radical (unpaired) electrons. The van der Waals surface area contributed by atoms with Gasteiger partial charge in [-0.05, 0) is 98.2 Å². The van der Waals surface area contributed by atoms with Crippen LogP contribution in [-0.2, 0) is 23.9 Å². The fourth-order valence-electron chi connectivity index (χ4n) is 12.4. The molecule has 5 saturated carbocycles. The number of fused-ring (bicyclic) bond motifs is 5. The van der Waals surface area contributed by atoms with Crippen molar-refractivity contribution >= 4 is 17.9 Å². The average Bonchev–Trinajstić information content (AvgIpc) is 3.12. The highest BCUT2D eigenvalue weighted by Gasteiger charge is 2.75. The minimum absolute atomic E-state index is 0.0459. The molecule has 10 atom stereocenters. The van der Waals surface area contributed by atoms with E-state index in [4.69, 9.17) is 14.6 Å².